The molecule has 0 fully saturated rings. The van der Waals surface area contributed by atoms with E-state index in [1.54, 1.807) is 0 Å². The predicted octanol–water partition coefficient (Wildman–Crippen LogP) is 5.69. The van der Waals surface area contributed by atoms with Crippen LogP contribution in [0, 0.1) is 0 Å². The van der Waals surface area contributed by atoms with Crippen LogP contribution in [0.25, 0.3) is 0 Å². The lowest BCUT2D eigenvalue weighted by atomic mass is 9.80. The molecule has 1 N–H and O–H groups in total. The molecule has 136 valence electrons. The average molecular weight is 335 g/mol. The summed E-state index contributed by atoms with van der Waals surface area (Å²) in [7, 11) is 0. The number of hydrogen-bond acceptors (Lipinski definition) is 2. The highest BCUT2D eigenvalue weighted by atomic mass is 16.5. The van der Waals surface area contributed by atoms with Gasteiger partial charge in [0.1, 0.15) is 5.75 Å². The van der Waals surface area contributed by atoms with Gasteiger partial charge in [-0.15, -0.1) is 0 Å². The Kier molecular flexibility index (Phi) is 6.88. The standard InChI is InChI=1S/C21H34O3/c1-15(10-8-9-11-19(22)23)24-18-13-12-16(20(2,3)4)14-17(18)21(5,6)7/h12-15H,8-11H2,1-7H3,(H,22,23). The molecule has 1 aromatic carbocycles. The summed E-state index contributed by atoms with van der Waals surface area (Å²) in [5.74, 6) is 0.220. The molecular formula is C21H34O3. The van der Waals surface area contributed by atoms with Gasteiger partial charge in [-0.05, 0) is 54.2 Å². The van der Waals surface area contributed by atoms with Gasteiger partial charge in [-0.2, -0.15) is 0 Å². The molecule has 0 saturated heterocycles. The van der Waals surface area contributed by atoms with Gasteiger partial charge in [0.2, 0.25) is 0 Å². The van der Waals surface area contributed by atoms with Gasteiger partial charge in [-0.1, -0.05) is 53.7 Å². The van der Waals surface area contributed by atoms with Crippen LogP contribution in [0.2, 0.25) is 0 Å². The third kappa shape index (κ3) is 6.54. The lowest BCUT2D eigenvalue weighted by Crippen LogP contribution is -2.20. The third-order valence-electron chi connectivity index (χ3n) is 4.23. The van der Waals surface area contributed by atoms with E-state index < -0.39 is 5.97 Å². The zero-order valence-electron chi connectivity index (χ0n) is 16.4. The van der Waals surface area contributed by atoms with Crippen molar-refractivity contribution in [2.75, 3.05) is 0 Å². The second-order valence-electron chi connectivity index (χ2n) is 8.78. The summed E-state index contributed by atoms with van der Waals surface area (Å²) in [4.78, 5) is 10.6. The van der Waals surface area contributed by atoms with Crippen LogP contribution in [0.3, 0.4) is 0 Å². The smallest absolute Gasteiger partial charge is 0.303 e. The van der Waals surface area contributed by atoms with Crippen LogP contribution in [0.5, 0.6) is 5.75 Å². The van der Waals surface area contributed by atoms with E-state index in [9.17, 15) is 4.79 Å². The Hall–Kier alpha value is -1.51. The first-order valence-electron chi connectivity index (χ1n) is 8.94. The van der Waals surface area contributed by atoms with Gasteiger partial charge >= 0.3 is 5.97 Å². The highest BCUT2D eigenvalue weighted by Crippen LogP contribution is 2.36. The second-order valence-corrected chi connectivity index (χ2v) is 8.78. The number of benzene rings is 1. The van der Waals surface area contributed by atoms with Gasteiger partial charge in [0.05, 0.1) is 6.10 Å². The van der Waals surface area contributed by atoms with E-state index in [1.165, 1.54) is 11.1 Å². The lowest BCUT2D eigenvalue weighted by Gasteiger charge is -2.28. The molecule has 0 spiro atoms. The first kappa shape index (κ1) is 20.5. The van der Waals surface area contributed by atoms with Gasteiger partial charge in [0, 0.05) is 6.42 Å². The van der Waals surface area contributed by atoms with Gasteiger partial charge < -0.3 is 9.84 Å². The fourth-order valence-corrected chi connectivity index (χ4v) is 2.67. The predicted molar refractivity (Wildman–Crippen MR) is 100 cm³/mol. The van der Waals surface area contributed by atoms with Gasteiger partial charge in [0.15, 0.2) is 0 Å². The topological polar surface area (TPSA) is 46.5 Å². The van der Waals surface area contributed by atoms with Crippen molar-refractivity contribution in [3.8, 4) is 5.75 Å². The van der Waals surface area contributed by atoms with Crippen molar-refractivity contribution in [2.45, 2.75) is 91.1 Å². The summed E-state index contributed by atoms with van der Waals surface area (Å²) in [5, 5.41) is 8.70. The van der Waals surface area contributed by atoms with Crippen LogP contribution in [0.1, 0.15) is 85.3 Å². The van der Waals surface area contributed by atoms with Crippen molar-refractivity contribution < 1.29 is 14.6 Å². The van der Waals surface area contributed by atoms with Crippen LogP contribution in [-0.4, -0.2) is 17.2 Å². The summed E-state index contributed by atoms with van der Waals surface area (Å²) < 4.78 is 6.20. The monoisotopic (exact) mass is 334 g/mol. The van der Waals surface area contributed by atoms with Crippen molar-refractivity contribution in [2.24, 2.45) is 0 Å². The number of carboxylic acid groups (broad SMARTS) is 1. The summed E-state index contributed by atoms with van der Waals surface area (Å²) >= 11 is 0. The Morgan fingerprint density at radius 1 is 1.08 bits per heavy atom. The molecule has 3 nitrogen and oxygen atoms in total. The van der Waals surface area contributed by atoms with E-state index in [-0.39, 0.29) is 23.4 Å². The number of rotatable bonds is 7. The number of hydrogen-bond donors (Lipinski definition) is 1. The maximum Gasteiger partial charge on any atom is 0.303 e. The molecule has 1 atom stereocenters. The summed E-state index contributed by atoms with van der Waals surface area (Å²) in [6.07, 6.45) is 2.77. The van der Waals surface area contributed by atoms with E-state index in [4.69, 9.17) is 9.84 Å². The highest BCUT2D eigenvalue weighted by Gasteiger charge is 2.23. The van der Waals surface area contributed by atoms with Crippen LogP contribution in [-0.2, 0) is 15.6 Å². The SMILES string of the molecule is CC(CCCCC(=O)O)Oc1ccc(C(C)(C)C)cc1C(C)(C)C. The Labute approximate surface area is 147 Å². The van der Waals surface area contributed by atoms with E-state index in [2.05, 4.69) is 66.7 Å². The Bertz CT molecular complexity index is 547. The average Bonchev–Trinajstić information content (AvgIpc) is 2.41. The third-order valence-corrected chi connectivity index (χ3v) is 4.23. The normalized spacial score (nSPS) is 13.6. The highest BCUT2D eigenvalue weighted by molar-refractivity contribution is 5.66. The molecule has 0 aliphatic carbocycles. The number of carboxylic acids is 1. The number of aliphatic carboxylic acids is 1. The van der Waals surface area contributed by atoms with Crippen molar-refractivity contribution in [3.05, 3.63) is 29.3 Å². The first-order chi connectivity index (χ1) is 10.9. The summed E-state index contributed by atoms with van der Waals surface area (Å²) in [5.41, 5.74) is 2.67. The maximum absolute atomic E-state index is 10.6. The van der Waals surface area contributed by atoms with E-state index in [0.717, 1.165) is 18.6 Å². The molecule has 0 heterocycles. The Morgan fingerprint density at radius 2 is 1.71 bits per heavy atom. The molecule has 0 radical (unpaired) electrons. The van der Waals surface area contributed by atoms with Crippen molar-refractivity contribution >= 4 is 5.97 Å². The largest absolute Gasteiger partial charge is 0.490 e. The van der Waals surface area contributed by atoms with Gasteiger partial charge in [0.25, 0.3) is 0 Å². The van der Waals surface area contributed by atoms with E-state index in [1.807, 2.05) is 0 Å². The molecule has 0 aliphatic rings. The quantitative estimate of drug-likeness (QED) is 0.651. The van der Waals surface area contributed by atoms with Crippen LogP contribution in [0.15, 0.2) is 18.2 Å². The molecule has 0 bridgehead atoms. The van der Waals surface area contributed by atoms with E-state index >= 15 is 0 Å². The zero-order chi connectivity index (χ0) is 18.5. The number of unbranched alkanes of at least 4 members (excludes halogenated alkanes) is 1. The van der Waals surface area contributed by atoms with Crippen LogP contribution >= 0.6 is 0 Å². The molecule has 1 aromatic rings. The number of carbonyl (C=O) groups is 1. The molecular weight excluding hydrogens is 300 g/mol. The molecule has 0 aliphatic heterocycles. The lowest BCUT2D eigenvalue weighted by molar-refractivity contribution is -0.137. The fourth-order valence-electron chi connectivity index (χ4n) is 2.67. The second kappa shape index (κ2) is 8.04. The minimum Gasteiger partial charge on any atom is -0.490 e. The number of ether oxygens (including phenoxy) is 1. The summed E-state index contributed by atoms with van der Waals surface area (Å²) in [6.45, 7) is 15.4. The van der Waals surface area contributed by atoms with Crippen LogP contribution < -0.4 is 4.74 Å². The fraction of sp³-hybridized carbons (Fsp3) is 0.667. The Balaban J connectivity index is 2.85. The maximum atomic E-state index is 10.6. The molecule has 1 unspecified atom stereocenters. The molecule has 0 saturated carbocycles. The van der Waals surface area contributed by atoms with Crippen molar-refractivity contribution in [3.63, 3.8) is 0 Å². The van der Waals surface area contributed by atoms with Gasteiger partial charge in [-0.25, -0.2) is 0 Å². The molecule has 3 heteroatoms. The molecule has 1 rings (SSSR count). The first-order valence-corrected chi connectivity index (χ1v) is 8.94. The zero-order valence-corrected chi connectivity index (χ0v) is 16.4. The minimum atomic E-state index is -0.726. The van der Waals surface area contributed by atoms with E-state index in [0.29, 0.717) is 6.42 Å². The minimum absolute atomic E-state index is 0.0135. The van der Waals surface area contributed by atoms with Gasteiger partial charge in [-0.3, -0.25) is 4.79 Å². The summed E-state index contributed by atoms with van der Waals surface area (Å²) in [6, 6.07) is 6.52. The molecule has 0 amide bonds. The molecule has 24 heavy (non-hydrogen) atoms. The Morgan fingerprint density at radius 3 is 2.21 bits per heavy atom. The molecule has 0 aromatic heterocycles. The van der Waals surface area contributed by atoms with Crippen molar-refractivity contribution in [1.82, 2.24) is 0 Å². The van der Waals surface area contributed by atoms with Crippen molar-refractivity contribution in [1.29, 1.82) is 0 Å². The van der Waals surface area contributed by atoms with Crippen LogP contribution in [0.4, 0.5) is 0 Å².